The molecule has 0 N–H and O–H groups in total. The molecule has 0 aliphatic carbocycles. The second-order valence-electron chi connectivity index (χ2n) is 11.9. The number of fused-ring (bicyclic) bond motifs is 8. The zero-order chi connectivity index (χ0) is 30.7. The number of rotatable bonds is 3. The molecule has 0 aromatic heterocycles. The molecule has 0 atom stereocenters. The van der Waals surface area contributed by atoms with E-state index in [1.54, 1.807) is 0 Å². The lowest BCUT2D eigenvalue weighted by molar-refractivity contribution is 0.434. The standard InChI is InChI=1S/C43H28BrNO/c44-33-23-25-39-38(28-33)43(36-18-7-9-20-41(36)46-42-21-10-8-19-37(42)43)35-24-22-32(30-14-5-2-6-15-30)27-40(35)45(39)34-17-11-16-31(26-34)29-12-3-1-4-13-29/h1-28H. The third-order valence-corrected chi connectivity index (χ3v) is 9.86. The molecular weight excluding hydrogens is 626 g/mol. The Hall–Kier alpha value is -5.38. The normalized spacial score (nSPS) is 13.6. The van der Waals surface area contributed by atoms with Gasteiger partial charge in [-0.25, -0.2) is 0 Å². The smallest absolute Gasteiger partial charge is 0.132 e. The van der Waals surface area contributed by atoms with Crippen LogP contribution in [0, 0.1) is 0 Å². The van der Waals surface area contributed by atoms with Crippen molar-refractivity contribution in [3.63, 3.8) is 0 Å². The SMILES string of the molecule is Brc1ccc2c(c1)C1(c3ccccc3Oc3ccccc31)c1ccc(-c3ccccc3)cc1N2c1cccc(-c2ccccc2)c1. The second-order valence-corrected chi connectivity index (χ2v) is 12.8. The lowest BCUT2D eigenvalue weighted by Gasteiger charge is -2.48. The molecule has 2 heterocycles. The van der Waals surface area contributed by atoms with E-state index < -0.39 is 5.41 Å². The summed E-state index contributed by atoms with van der Waals surface area (Å²) < 4.78 is 7.65. The maximum atomic E-state index is 6.61. The zero-order valence-corrected chi connectivity index (χ0v) is 26.5. The van der Waals surface area contributed by atoms with Crippen LogP contribution in [0.3, 0.4) is 0 Å². The maximum Gasteiger partial charge on any atom is 0.132 e. The Labute approximate surface area is 277 Å². The van der Waals surface area contributed by atoms with Gasteiger partial charge in [-0.3, -0.25) is 0 Å². The van der Waals surface area contributed by atoms with Gasteiger partial charge in [0.15, 0.2) is 0 Å². The monoisotopic (exact) mass is 653 g/mol. The molecule has 0 radical (unpaired) electrons. The molecule has 0 bridgehead atoms. The van der Waals surface area contributed by atoms with Gasteiger partial charge in [0, 0.05) is 21.3 Å². The number of halogens is 1. The highest BCUT2D eigenvalue weighted by atomic mass is 79.9. The first kappa shape index (κ1) is 27.0. The minimum absolute atomic E-state index is 0.608. The summed E-state index contributed by atoms with van der Waals surface area (Å²) in [6.45, 7) is 0. The Morgan fingerprint density at radius 3 is 1.67 bits per heavy atom. The van der Waals surface area contributed by atoms with E-state index in [0.29, 0.717) is 0 Å². The number of benzene rings is 7. The number of hydrogen-bond acceptors (Lipinski definition) is 2. The van der Waals surface area contributed by atoms with Crippen molar-refractivity contribution < 1.29 is 4.74 Å². The Morgan fingerprint density at radius 2 is 1.00 bits per heavy atom. The van der Waals surface area contributed by atoms with Crippen LogP contribution in [0.2, 0.25) is 0 Å². The molecule has 0 saturated carbocycles. The van der Waals surface area contributed by atoms with Crippen molar-refractivity contribution in [1.29, 1.82) is 0 Å². The van der Waals surface area contributed by atoms with Crippen molar-refractivity contribution >= 4 is 33.0 Å². The molecule has 7 aromatic carbocycles. The van der Waals surface area contributed by atoms with Crippen LogP contribution in [0.4, 0.5) is 17.1 Å². The van der Waals surface area contributed by atoms with Gasteiger partial charge in [0.1, 0.15) is 11.5 Å². The molecule has 2 aliphatic rings. The highest BCUT2D eigenvalue weighted by Crippen LogP contribution is 2.63. The minimum Gasteiger partial charge on any atom is -0.457 e. The zero-order valence-electron chi connectivity index (χ0n) is 24.9. The van der Waals surface area contributed by atoms with Gasteiger partial charge in [-0.05, 0) is 81.9 Å². The highest BCUT2D eigenvalue weighted by Gasteiger charge is 2.51. The molecule has 2 nitrogen and oxygen atoms in total. The molecule has 9 rings (SSSR count). The Balaban J connectivity index is 1.40. The summed E-state index contributed by atoms with van der Waals surface area (Å²) in [5, 5.41) is 0. The summed E-state index contributed by atoms with van der Waals surface area (Å²) in [7, 11) is 0. The van der Waals surface area contributed by atoms with Crippen LogP contribution in [0.25, 0.3) is 22.3 Å². The van der Waals surface area contributed by atoms with Crippen molar-refractivity contribution in [2.75, 3.05) is 4.90 Å². The van der Waals surface area contributed by atoms with Gasteiger partial charge in [-0.15, -0.1) is 0 Å². The van der Waals surface area contributed by atoms with E-state index >= 15 is 0 Å². The average Bonchev–Trinajstić information content (AvgIpc) is 3.12. The number of nitrogens with zero attached hydrogens (tertiary/aromatic N) is 1. The van der Waals surface area contributed by atoms with Gasteiger partial charge in [-0.1, -0.05) is 137 Å². The first-order valence-electron chi connectivity index (χ1n) is 15.5. The molecule has 0 fully saturated rings. The van der Waals surface area contributed by atoms with E-state index in [2.05, 4.69) is 191 Å². The van der Waals surface area contributed by atoms with Crippen molar-refractivity contribution in [1.82, 2.24) is 0 Å². The van der Waals surface area contributed by atoms with Gasteiger partial charge in [-0.2, -0.15) is 0 Å². The molecule has 2 aliphatic heterocycles. The number of anilines is 3. The molecule has 1 spiro atoms. The van der Waals surface area contributed by atoms with Crippen LogP contribution >= 0.6 is 15.9 Å². The lowest BCUT2D eigenvalue weighted by Crippen LogP contribution is -2.39. The third-order valence-electron chi connectivity index (χ3n) is 9.37. The molecular formula is C43H28BrNO. The number of para-hydroxylation sites is 2. The quantitative estimate of drug-likeness (QED) is 0.188. The summed E-state index contributed by atoms with van der Waals surface area (Å²) in [5.74, 6) is 1.76. The molecule has 0 unspecified atom stereocenters. The minimum atomic E-state index is -0.608. The predicted octanol–water partition coefficient (Wildman–Crippen LogP) is 12.1. The highest BCUT2D eigenvalue weighted by molar-refractivity contribution is 9.10. The van der Waals surface area contributed by atoms with Crippen LogP contribution in [-0.4, -0.2) is 0 Å². The van der Waals surface area contributed by atoms with Crippen LogP contribution in [0.5, 0.6) is 11.5 Å². The van der Waals surface area contributed by atoms with E-state index in [0.717, 1.165) is 44.2 Å². The van der Waals surface area contributed by atoms with Gasteiger partial charge in [0.05, 0.1) is 16.8 Å². The summed E-state index contributed by atoms with van der Waals surface area (Å²) in [6.07, 6.45) is 0. The van der Waals surface area contributed by atoms with Crippen LogP contribution in [0.1, 0.15) is 22.3 Å². The predicted molar refractivity (Wildman–Crippen MR) is 192 cm³/mol. The van der Waals surface area contributed by atoms with E-state index in [-0.39, 0.29) is 0 Å². The number of ether oxygens (including phenoxy) is 1. The van der Waals surface area contributed by atoms with E-state index in [9.17, 15) is 0 Å². The topological polar surface area (TPSA) is 12.5 Å². The van der Waals surface area contributed by atoms with Crippen molar-refractivity contribution in [3.05, 3.63) is 197 Å². The summed E-state index contributed by atoms with van der Waals surface area (Å²) in [5.41, 5.74) is 12.2. The summed E-state index contributed by atoms with van der Waals surface area (Å²) in [6, 6.07) is 60.9. The Bertz CT molecular complexity index is 2210. The van der Waals surface area contributed by atoms with Gasteiger partial charge in [0.25, 0.3) is 0 Å². The van der Waals surface area contributed by atoms with Crippen molar-refractivity contribution in [2.45, 2.75) is 5.41 Å². The lowest BCUT2D eigenvalue weighted by atomic mass is 9.61. The maximum absolute atomic E-state index is 6.61. The van der Waals surface area contributed by atoms with Crippen molar-refractivity contribution in [3.8, 4) is 33.8 Å². The fourth-order valence-corrected chi connectivity index (χ4v) is 7.79. The Kier molecular flexibility index (Phi) is 6.22. The molecule has 0 amide bonds. The Morgan fingerprint density at radius 1 is 0.413 bits per heavy atom. The van der Waals surface area contributed by atoms with Gasteiger partial charge in [0.2, 0.25) is 0 Å². The second kappa shape index (κ2) is 10.6. The fourth-order valence-electron chi connectivity index (χ4n) is 7.43. The van der Waals surface area contributed by atoms with Crippen LogP contribution in [-0.2, 0) is 5.41 Å². The molecule has 7 aromatic rings. The van der Waals surface area contributed by atoms with Crippen molar-refractivity contribution in [2.24, 2.45) is 0 Å². The largest absolute Gasteiger partial charge is 0.457 e. The molecule has 0 saturated heterocycles. The average molecular weight is 655 g/mol. The summed E-state index contributed by atoms with van der Waals surface area (Å²) in [4.78, 5) is 2.45. The molecule has 218 valence electrons. The number of hydrogen-bond donors (Lipinski definition) is 0. The first-order chi connectivity index (χ1) is 22.7. The molecule has 46 heavy (non-hydrogen) atoms. The van der Waals surface area contributed by atoms with E-state index in [1.807, 2.05) is 0 Å². The van der Waals surface area contributed by atoms with E-state index in [1.165, 1.54) is 33.4 Å². The molecule has 3 heteroatoms. The van der Waals surface area contributed by atoms with Gasteiger partial charge >= 0.3 is 0 Å². The van der Waals surface area contributed by atoms with Crippen LogP contribution in [0.15, 0.2) is 174 Å². The summed E-state index contributed by atoms with van der Waals surface area (Å²) >= 11 is 3.87. The van der Waals surface area contributed by atoms with Crippen LogP contribution < -0.4 is 9.64 Å². The third kappa shape index (κ3) is 4.02. The van der Waals surface area contributed by atoms with E-state index in [4.69, 9.17) is 4.74 Å². The fraction of sp³-hybridized carbons (Fsp3) is 0.0233. The van der Waals surface area contributed by atoms with Gasteiger partial charge < -0.3 is 9.64 Å². The first-order valence-corrected chi connectivity index (χ1v) is 16.3.